The molecule has 0 spiro atoms. The molecule has 1 heterocycles. The maximum atomic E-state index is 11.0. The highest BCUT2D eigenvalue weighted by molar-refractivity contribution is 5.89. The number of nitrogens with one attached hydrogen (secondary N) is 1. The summed E-state index contributed by atoms with van der Waals surface area (Å²) in [6, 6.07) is 5.76. The number of carbonyl (C=O) groups is 1. The molecule has 0 saturated carbocycles. The number of likely N-dealkylation sites (N-methyl/N-ethyl adjacent to an activating group) is 1. The van der Waals surface area contributed by atoms with Crippen molar-refractivity contribution in [3.63, 3.8) is 0 Å². The molecule has 0 aliphatic carbocycles. The molecule has 3 N–H and O–H groups in total. The summed E-state index contributed by atoms with van der Waals surface area (Å²) in [6.07, 6.45) is 2.91. The molecule has 0 bridgehead atoms. The molecule has 0 saturated heterocycles. The number of nitrogens with zero attached hydrogens (tertiary/aromatic N) is 1. The maximum Gasteiger partial charge on any atom is 0.322 e. The molecule has 0 aliphatic rings. The zero-order valence-corrected chi connectivity index (χ0v) is 12.4. The molecule has 1 aromatic carbocycles. The Morgan fingerprint density at radius 2 is 2.19 bits per heavy atom. The Balaban J connectivity index is 2.14. The summed E-state index contributed by atoms with van der Waals surface area (Å²) in [5.41, 5.74) is 7.36. The van der Waals surface area contributed by atoms with Gasteiger partial charge in [-0.05, 0) is 38.2 Å². The van der Waals surface area contributed by atoms with Gasteiger partial charge in [0.2, 0.25) is 6.79 Å². The number of fused-ring (bicyclic) bond motifs is 1. The van der Waals surface area contributed by atoms with Crippen molar-refractivity contribution >= 4 is 16.9 Å². The van der Waals surface area contributed by atoms with Crippen LogP contribution in [0.5, 0.6) is 5.75 Å². The fourth-order valence-corrected chi connectivity index (χ4v) is 2.10. The number of carbonyl (C=O) groups excluding carboxylic acids is 1. The smallest absolute Gasteiger partial charge is 0.322 e. The molecule has 1 aromatic heterocycles. The molecule has 0 unspecified atom stereocenters. The van der Waals surface area contributed by atoms with E-state index in [0.717, 1.165) is 23.9 Å². The first kappa shape index (κ1) is 15.3. The average molecular weight is 291 g/mol. The van der Waals surface area contributed by atoms with Crippen molar-refractivity contribution in [1.82, 2.24) is 9.88 Å². The molecule has 0 radical (unpaired) electrons. The number of ether oxygens (including phenoxy) is 2. The molecular weight excluding hydrogens is 270 g/mol. The topological polar surface area (TPSA) is 80.6 Å². The monoisotopic (exact) mass is 291 g/mol. The van der Waals surface area contributed by atoms with Gasteiger partial charge in [0.15, 0.2) is 0 Å². The number of hydrogen-bond donors (Lipinski definition) is 2. The van der Waals surface area contributed by atoms with Gasteiger partial charge in [-0.15, -0.1) is 0 Å². The van der Waals surface area contributed by atoms with E-state index in [-0.39, 0.29) is 13.3 Å². The van der Waals surface area contributed by atoms with Gasteiger partial charge in [0, 0.05) is 23.6 Å². The highest BCUT2D eigenvalue weighted by atomic mass is 16.7. The van der Waals surface area contributed by atoms with Gasteiger partial charge in [0.05, 0.1) is 6.54 Å². The normalized spacial score (nSPS) is 11.0. The van der Waals surface area contributed by atoms with E-state index in [1.54, 1.807) is 0 Å². The lowest BCUT2D eigenvalue weighted by molar-refractivity contribution is -0.148. The largest absolute Gasteiger partial charge is 0.457 e. The summed E-state index contributed by atoms with van der Waals surface area (Å²) in [4.78, 5) is 16.4. The van der Waals surface area contributed by atoms with E-state index in [4.69, 9.17) is 15.2 Å². The zero-order valence-electron chi connectivity index (χ0n) is 12.4. The summed E-state index contributed by atoms with van der Waals surface area (Å²) in [7, 11) is 4.08. The van der Waals surface area contributed by atoms with E-state index in [2.05, 4.69) is 9.88 Å². The third-order valence-corrected chi connectivity index (χ3v) is 3.18. The minimum atomic E-state index is -0.482. The van der Waals surface area contributed by atoms with Crippen LogP contribution in [-0.2, 0) is 16.0 Å². The van der Waals surface area contributed by atoms with Crippen LogP contribution in [0.1, 0.15) is 5.56 Å². The van der Waals surface area contributed by atoms with Crippen molar-refractivity contribution in [3.8, 4) is 5.75 Å². The Bertz CT molecular complexity index is 607. The fraction of sp³-hybridized carbons (Fsp3) is 0.400. The van der Waals surface area contributed by atoms with Crippen molar-refractivity contribution in [2.24, 2.45) is 5.73 Å². The third kappa shape index (κ3) is 3.96. The third-order valence-electron chi connectivity index (χ3n) is 3.18. The minimum absolute atomic E-state index is 0.132. The van der Waals surface area contributed by atoms with Gasteiger partial charge in [-0.2, -0.15) is 0 Å². The average Bonchev–Trinajstić information content (AvgIpc) is 2.89. The molecular formula is C15H21N3O3. The van der Waals surface area contributed by atoms with Gasteiger partial charge >= 0.3 is 5.97 Å². The predicted octanol–water partition coefficient (Wildman–Crippen LogP) is 1.11. The molecule has 2 rings (SSSR count). The lowest BCUT2D eigenvalue weighted by Gasteiger charge is -2.11. The van der Waals surface area contributed by atoms with Crippen LogP contribution in [0.25, 0.3) is 10.9 Å². The van der Waals surface area contributed by atoms with Crippen molar-refractivity contribution in [2.45, 2.75) is 6.42 Å². The van der Waals surface area contributed by atoms with Crippen LogP contribution in [0.3, 0.4) is 0 Å². The Kier molecular flexibility index (Phi) is 5.19. The van der Waals surface area contributed by atoms with Crippen LogP contribution in [0.15, 0.2) is 24.4 Å². The second-order valence-electron chi connectivity index (χ2n) is 5.03. The van der Waals surface area contributed by atoms with Crippen LogP contribution >= 0.6 is 0 Å². The SMILES string of the molecule is CN(C)CCc1c[nH]c2cccc(OCOC(=O)CN)c12. The van der Waals surface area contributed by atoms with Gasteiger partial charge in [0.25, 0.3) is 0 Å². The molecule has 0 fully saturated rings. The minimum Gasteiger partial charge on any atom is -0.457 e. The van der Waals surface area contributed by atoms with Crippen molar-refractivity contribution in [1.29, 1.82) is 0 Å². The Hall–Kier alpha value is -2.05. The Morgan fingerprint density at radius 3 is 2.90 bits per heavy atom. The number of hydrogen-bond acceptors (Lipinski definition) is 5. The molecule has 21 heavy (non-hydrogen) atoms. The first-order valence-corrected chi connectivity index (χ1v) is 6.84. The number of aromatic amines is 1. The number of H-pyrrole nitrogens is 1. The number of benzene rings is 1. The van der Waals surface area contributed by atoms with Crippen LogP contribution in [-0.4, -0.2) is 49.8 Å². The van der Waals surface area contributed by atoms with Crippen molar-refractivity contribution < 1.29 is 14.3 Å². The molecule has 0 amide bonds. The van der Waals surface area contributed by atoms with Gasteiger partial charge < -0.3 is 25.1 Å². The summed E-state index contributed by atoms with van der Waals surface area (Å²) >= 11 is 0. The van der Waals surface area contributed by atoms with Gasteiger partial charge in [-0.3, -0.25) is 4.79 Å². The van der Waals surface area contributed by atoms with E-state index >= 15 is 0 Å². The first-order chi connectivity index (χ1) is 10.1. The predicted molar refractivity (Wildman–Crippen MR) is 81.2 cm³/mol. The lowest BCUT2D eigenvalue weighted by Crippen LogP contribution is -2.19. The number of nitrogens with two attached hydrogens (primary N) is 1. The summed E-state index contributed by atoms with van der Waals surface area (Å²) in [5.74, 6) is 0.219. The van der Waals surface area contributed by atoms with E-state index in [9.17, 15) is 4.79 Å². The number of rotatable bonds is 7. The fourth-order valence-electron chi connectivity index (χ4n) is 2.10. The van der Waals surface area contributed by atoms with Gasteiger partial charge in [0.1, 0.15) is 5.75 Å². The van der Waals surface area contributed by atoms with Crippen LogP contribution in [0, 0.1) is 0 Å². The molecule has 0 atom stereocenters. The standard InChI is InChI=1S/C15H21N3O3/c1-18(2)7-6-11-9-17-12-4-3-5-13(15(11)12)20-10-21-14(19)8-16/h3-5,9,17H,6-8,10,16H2,1-2H3. The zero-order chi connectivity index (χ0) is 15.2. The Labute approximate surface area is 123 Å². The number of esters is 1. The summed E-state index contributed by atoms with van der Waals surface area (Å²) in [5, 5.41) is 1.03. The van der Waals surface area contributed by atoms with Gasteiger partial charge in [-0.25, -0.2) is 0 Å². The highest BCUT2D eigenvalue weighted by Gasteiger charge is 2.10. The maximum absolute atomic E-state index is 11.0. The second-order valence-corrected chi connectivity index (χ2v) is 5.03. The number of aromatic nitrogens is 1. The van der Waals surface area contributed by atoms with Crippen molar-refractivity contribution in [3.05, 3.63) is 30.0 Å². The molecule has 2 aromatic rings. The van der Waals surface area contributed by atoms with E-state index in [1.807, 2.05) is 38.5 Å². The van der Waals surface area contributed by atoms with Crippen LogP contribution < -0.4 is 10.5 Å². The van der Waals surface area contributed by atoms with Crippen molar-refractivity contribution in [2.75, 3.05) is 34.0 Å². The first-order valence-electron chi connectivity index (χ1n) is 6.84. The Morgan fingerprint density at radius 1 is 1.38 bits per heavy atom. The lowest BCUT2D eigenvalue weighted by atomic mass is 10.1. The van der Waals surface area contributed by atoms with E-state index in [1.165, 1.54) is 5.56 Å². The van der Waals surface area contributed by atoms with Crippen LogP contribution in [0.4, 0.5) is 0 Å². The van der Waals surface area contributed by atoms with E-state index < -0.39 is 5.97 Å². The van der Waals surface area contributed by atoms with E-state index in [0.29, 0.717) is 5.75 Å². The molecule has 114 valence electrons. The molecule has 0 aliphatic heterocycles. The summed E-state index contributed by atoms with van der Waals surface area (Å²) in [6.45, 7) is 0.669. The quantitative estimate of drug-likeness (QED) is 0.590. The van der Waals surface area contributed by atoms with Crippen LogP contribution in [0.2, 0.25) is 0 Å². The van der Waals surface area contributed by atoms with Gasteiger partial charge in [-0.1, -0.05) is 6.07 Å². The molecule has 6 nitrogen and oxygen atoms in total. The summed E-state index contributed by atoms with van der Waals surface area (Å²) < 4.78 is 10.4. The second kappa shape index (κ2) is 7.10. The molecule has 6 heteroatoms. The highest BCUT2D eigenvalue weighted by Crippen LogP contribution is 2.29.